The van der Waals surface area contributed by atoms with E-state index in [1.165, 1.54) is 22.0 Å². The number of nitrogens with one attached hydrogen (secondary N) is 1. The Labute approximate surface area is 108 Å². The third-order valence-corrected chi connectivity index (χ3v) is 4.93. The highest BCUT2D eigenvalue weighted by molar-refractivity contribution is 7.11. The molecule has 0 aliphatic carbocycles. The lowest BCUT2D eigenvalue weighted by Gasteiger charge is -2.39. The number of aromatic nitrogens is 1. The molecular weight excluding hydrogens is 230 g/mol. The van der Waals surface area contributed by atoms with Crippen molar-refractivity contribution < 1.29 is 0 Å². The Hall–Kier alpha value is -0.450. The molecule has 2 unspecified atom stereocenters. The molecule has 4 heteroatoms. The van der Waals surface area contributed by atoms with Crippen molar-refractivity contribution in [2.75, 3.05) is 19.6 Å². The molecule has 0 saturated carbocycles. The largest absolute Gasteiger partial charge is 0.314 e. The van der Waals surface area contributed by atoms with Crippen LogP contribution in [-0.2, 0) is 0 Å². The molecule has 1 aliphatic rings. The number of rotatable bonds is 3. The molecule has 0 aromatic carbocycles. The van der Waals surface area contributed by atoms with Gasteiger partial charge in [-0.1, -0.05) is 6.92 Å². The first kappa shape index (κ1) is 13.0. The summed E-state index contributed by atoms with van der Waals surface area (Å²) in [6.07, 6.45) is 1.22. The quantitative estimate of drug-likeness (QED) is 0.897. The van der Waals surface area contributed by atoms with Crippen LogP contribution in [0.4, 0.5) is 0 Å². The van der Waals surface area contributed by atoms with E-state index in [0.29, 0.717) is 12.1 Å². The van der Waals surface area contributed by atoms with Gasteiger partial charge in [-0.2, -0.15) is 0 Å². The van der Waals surface area contributed by atoms with Crippen molar-refractivity contribution >= 4 is 11.3 Å². The molecule has 3 nitrogen and oxygen atoms in total. The minimum absolute atomic E-state index is 0.508. The smallest absolute Gasteiger partial charge is 0.0900 e. The van der Waals surface area contributed by atoms with Gasteiger partial charge in [0.15, 0.2) is 0 Å². The number of hydrogen-bond donors (Lipinski definition) is 1. The summed E-state index contributed by atoms with van der Waals surface area (Å²) in [7, 11) is 0. The fourth-order valence-electron chi connectivity index (χ4n) is 2.75. The van der Waals surface area contributed by atoms with Gasteiger partial charge >= 0.3 is 0 Å². The minimum atomic E-state index is 0.508. The third-order valence-electron chi connectivity index (χ3n) is 3.68. The van der Waals surface area contributed by atoms with Crippen molar-refractivity contribution in [3.05, 3.63) is 15.6 Å². The van der Waals surface area contributed by atoms with Crippen LogP contribution in [0, 0.1) is 13.8 Å². The van der Waals surface area contributed by atoms with E-state index in [-0.39, 0.29) is 0 Å². The maximum absolute atomic E-state index is 4.55. The molecule has 2 heterocycles. The molecule has 1 aromatic rings. The van der Waals surface area contributed by atoms with Crippen LogP contribution >= 0.6 is 11.3 Å². The predicted octanol–water partition coefficient (Wildman–Crippen LogP) is 2.50. The SMILES string of the molecule is CCC1CNCCN1C(C)c1sc(C)nc1C. The van der Waals surface area contributed by atoms with Gasteiger partial charge in [0, 0.05) is 36.6 Å². The molecule has 1 fully saturated rings. The van der Waals surface area contributed by atoms with Crippen molar-refractivity contribution in [2.45, 2.75) is 46.2 Å². The highest BCUT2D eigenvalue weighted by atomic mass is 32.1. The average molecular weight is 253 g/mol. The van der Waals surface area contributed by atoms with Crippen LogP contribution < -0.4 is 5.32 Å². The van der Waals surface area contributed by atoms with Crippen LogP contribution in [0.1, 0.15) is 41.9 Å². The van der Waals surface area contributed by atoms with Crippen molar-refractivity contribution in [3.63, 3.8) is 0 Å². The van der Waals surface area contributed by atoms with Crippen molar-refractivity contribution in [2.24, 2.45) is 0 Å². The minimum Gasteiger partial charge on any atom is -0.314 e. The summed E-state index contributed by atoms with van der Waals surface area (Å²) in [4.78, 5) is 8.64. The predicted molar refractivity (Wildman–Crippen MR) is 73.7 cm³/mol. The van der Waals surface area contributed by atoms with Gasteiger partial charge in [-0.05, 0) is 27.2 Å². The Balaban J connectivity index is 2.17. The van der Waals surface area contributed by atoms with E-state index in [1.54, 1.807) is 0 Å². The second kappa shape index (κ2) is 5.46. The molecule has 1 saturated heterocycles. The molecule has 17 heavy (non-hydrogen) atoms. The average Bonchev–Trinajstić information content (AvgIpc) is 2.67. The lowest BCUT2D eigenvalue weighted by Crippen LogP contribution is -2.51. The maximum Gasteiger partial charge on any atom is 0.0900 e. The van der Waals surface area contributed by atoms with Gasteiger partial charge in [-0.25, -0.2) is 4.98 Å². The van der Waals surface area contributed by atoms with Crippen molar-refractivity contribution in [3.8, 4) is 0 Å². The third kappa shape index (κ3) is 2.69. The van der Waals surface area contributed by atoms with Gasteiger partial charge in [0.05, 0.1) is 10.7 Å². The summed E-state index contributed by atoms with van der Waals surface area (Å²) in [5.41, 5.74) is 1.22. The van der Waals surface area contributed by atoms with Gasteiger partial charge < -0.3 is 5.32 Å². The Bertz CT molecular complexity index is 375. The molecule has 0 spiro atoms. The molecule has 0 bridgehead atoms. The number of hydrogen-bond acceptors (Lipinski definition) is 4. The maximum atomic E-state index is 4.55. The fraction of sp³-hybridized carbons (Fsp3) is 0.769. The Morgan fingerprint density at radius 1 is 1.53 bits per heavy atom. The highest BCUT2D eigenvalue weighted by Gasteiger charge is 2.27. The topological polar surface area (TPSA) is 28.2 Å². The lowest BCUT2D eigenvalue weighted by atomic mass is 10.1. The zero-order chi connectivity index (χ0) is 12.4. The molecule has 1 aliphatic heterocycles. The second-order valence-corrected chi connectivity index (χ2v) is 6.10. The summed E-state index contributed by atoms with van der Waals surface area (Å²) in [6.45, 7) is 12.2. The van der Waals surface area contributed by atoms with Crippen molar-refractivity contribution in [1.29, 1.82) is 0 Å². The van der Waals surface area contributed by atoms with Gasteiger partial charge in [0.1, 0.15) is 0 Å². The van der Waals surface area contributed by atoms with Gasteiger partial charge in [0.25, 0.3) is 0 Å². The summed E-state index contributed by atoms with van der Waals surface area (Å²) in [5.74, 6) is 0. The van der Waals surface area contributed by atoms with Crippen LogP contribution in [0.5, 0.6) is 0 Å². The first-order chi connectivity index (χ1) is 8.13. The van der Waals surface area contributed by atoms with Crippen LogP contribution in [0.15, 0.2) is 0 Å². The molecule has 2 rings (SSSR count). The Kier molecular flexibility index (Phi) is 4.17. The lowest BCUT2D eigenvalue weighted by molar-refractivity contribution is 0.113. The summed E-state index contributed by atoms with van der Waals surface area (Å²) >= 11 is 1.86. The van der Waals surface area contributed by atoms with Crippen molar-refractivity contribution in [1.82, 2.24) is 15.2 Å². The normalized spacial score (nSPS) is 23.9. The highest BCUT2D eigenvalue weighted by Crippen LogP contribution is 2.31. The zero-order valence-corrected chi connectivity index (χ0v) is 12.1. The molecular formula is C13H23N3S. The summed E-state index contributed by atoms with van der Waals surface area (Å²) < 4.78 is 0. The Morgan fingerprint density at radius 3 is 2.88 bits per heavy atom. The number of piperazine rings is 1. The molecule has 1 N–H and O–H groups in total. The van der Waals surface area contributed by atoms with Gasteiger partial charge in [-0.3, -0.25) is 4.90 Å². The number of thiazole rings is 1. The van der Waals surface area contributed by atoms with E-state index in [9.17, 15) is 0 Å². The van der Waals surface area contributed by atoms with Crippen LogP contribution in [0.2, 0.25) is 0 Å². The van der Waals surface area contributed by atoms with E-state index in [2.05, 4.69) is 42.9 Å². The van der Waals surface area contributed by atoms with Crippen LogP contribution in [0.3, 0.4) is 0 Å². The number of aryl methyl sites for hydroxylation is 2. The number of nitrogens with zero attached hydrogens (tertiary/aromatic N) is 2. The van der Waals surface area contributed by atoms with Gasteiger partial charge in [0.2, 0.25) is 0 Å². The van der Waals surface area contributed by atoms with Crippen LogP contribution in [0.25, 0.3) is 0 Å². The standard InChI is InChI=1S/C13H23N3S/c1-5-12-8-14-6-7-16(12)10(3)13-9(2)15-11(4)17-13/h10,12,14H,5-8H2,1-4H3. The monoisotopic (exact) mass is 253 g/mol. The van der Waals surface area contributed by atoms with Crippen LogP contribution in [-0.4, -0.2) is 35.6 Å². The fourth-order valence-corrected chi connectivity index (χ4v) is 3.75. The Morgan fingerprint density at radius 2 is 2.29 bits per heavy atom. The first-order valence-corrected chi connectivity index (χ1v) is 7.35. The van der Waals surface area contributed by atoms with Gasteiger partial charge in [-0.15, -0.1) is 11.3 Å². The first-order valence-electron chi connectivity index (χ1n) is 6.53. The summed E-state index contributed by atoms with van der Waals surface area (Å²) in [5, 5.41) is 4.68. The van der Waals surface area contributed by atoms with E-state index in [4.69, 9.17) is 0 Å². The molecule has 0 radical (unpaired) electrons. The molecule has 0 amide bonds. The molecule has 96 valence electrons. The molecule has 2 atom stereocenters. The van der Waals surface area contributed by atoms with E-state index in [1.807, 2.05) is 11.3 Å². The van der Waals surface area contributed by atoms with E-state index >= 15 is 0 Å². The summed E-state index contributed by atoms with van der Waals surface area (Å²) in [6, 6.07) is 1.17. The second-order valence-electron chi connectivity index (χ2n) is 4.86. The zero-order valence-electron chi connectivity index (χ0n) is 11.3. The molecule has 1 aromatic heterocycles. The van der Waals surface area contributed by atoms with E-state index in [0.717, 1.165) is 19.6 Å². The van der Waals surface area contributed by atoms with E-state index < -0.39 is 0 Å².